The predicted octanol–water partition coefficient (Wildman–Crippen LogP) is 2.76. The molecule has 0 aromatic heterocycles. The van der Waals surface area contributed by atoms with Crippen molar-refractivity contribution in [1.82, 2.24) is 5.32 Å². The molecule has 0 aliphatic heterocycles. The van der Waals surface area contributed by atoms with Crippen LogP contribution < -0.4 is 11.1 Å². The molecule has 19 heavy (non-hydrogen) atoms. The van der Waals surface area contributed by atoms with Gasteiger partial charge in [0.25, 0.3) is 0 Å². The number of hydrogen-bond acceptors (Lipinski definition) is 2. The molecular weight excluding hydrogens is 260 g/mol. The van der Waals surface area contributed by atoms with Crippen molar-refractivity contribution in [3.63, 3.8) is 0 Å². The van der Waals surface area contributed by atoms with Crippen molar-refractivity contribution in [3.05, 3.63) is 34.9 Å². The Bertz CT molecular complexity index is 450. The van der Waals surface area contributed by atoms with E-state index in [1.165, 1.54) is 0 Å². The molecule has 0 aliphatic rings. The molecule has 0 spiro atoms. The lowest BCUT2D eigenvalue weighted by Gasteiger charge is -2.27. The van der Waals surface area contributed by atoms with Gasteiger partial charge in [0.15, 0.2) is 0 Å². The summed E-state index contributed by atoms with van der Waals surface area (Å²) < 4.78 is 0. The molecule has 3 nitrogen and oxygen atoms in total. The van der Waals surface area contributed by atoms with Gasteiger partial charge >= 0.3 is 0 Å². The summed E-state index contributed by atoms with van der Waals surface area (Å²) in [5, 5.41) is 3.59. The van der Waals surface area contributed by atoms with Gasteiger partial charge in [-0.2, -0.15) is 0 Å². The van der Waals surface area contributed by atoms with Gasteiger partial charge in [-0.3, -0.25) is 4.79 Å². The zero-order valence-corrected chi connectivity index (χ0v) is 12.8. The van der Waals surface area contributed by atoms with Crippen LogP contribution >= 0.6 is 11.6 Å². The molecule has 1 aromatic rings. The van der Waals surface area contributed by atoms with E-state index in [9.17, 15) is 4.79 Å². The predicted molar refractivity (Wildman–Crippen MR) is 80.2 cm³/mol. The summed E-state index contributed by atoms with van der Waals surface area (Å²) in [7, 11) is 0. The summed E-state index contributed by atoms with van der Waals surface area (Å²) in [4.78, 5) is 12.2. The first kappa shape index (κ1) is 16.0. The van der Waals surface area contributed by atoms with E-state index in [1.54, 1.807) is 0 Å². The van der Waals surface area contributed by atoms with Gasteiger partial charge < -0.3 is 11.1 Å². The molecule has 0 radical (unpaired) electrons. The average molecular weight is 283 g/mol. The zero-order valence-electron chi connectivity index (χ0n) is 12.1. The first-order valence-electron chi connectivity index (χ1n) is 6.42. The van der Waals surface area contributed by atoms with Crippen LogP contribution in [0.3, 0.4) is 0 Å². The Balaban J connectivity index is 2.67. The highest BCUT2D eigenvalue weighted by Gasteiger charge is 2.28. The topological polar surface area (TPSA) is 55.1 Å². The fourth-order valence-electron chi connectivity index (χ4n) is 1.78. The monoisotopic (exact) mass is 282 g/mol. The van der Waals surface area contributed by atoms with E-state index in [0.29, 0.717) is 18.0 Å². The second-order valence-electron chi connectivity index (χ2n) is 6.36. The van der Waals surface area contributed by atoms with Crippen LogP contribution in [0.15, 0.2) is 24.3 Å². The summed E-state index contributed by atoms with van der Waals surface area (Å²) in [6, 6.07) is 7.60. The number of hydrogen-bond donors (Lipinski definition) is 2. The van der Waals surface area contributed by atoms with Crippen LogP contribution in [0.5, 0.6) is 0 Å². The molecule has 0 aliphatic carbocycles. The fourth-order valence-corrected chi connectivity index (χ4v) is 2.00. The first-order valence-corrected chi connectivity index (χ1v) is 6.80. The lowest BCUT2D eigenvalue weighted by molar-refractivity contribution is -0.129. The van der Waals surface area contributed by atoms with Crippen molar-refractivity contribution in [2.24, 2.45) is 11.1 Å². The van der Waals surface area contributed by atoms with E-state index in [0.717, 1.165) is 5.56 Å². The molecule has 0 saturated heterocycles. The van der Waals surface area contributed by atoms with Crippen molar-refractivity contribution >= 4 is 17.5 Å². The van der Waals surface area contributed by atoms with Gasteiger partial charge in [0.05, 0.1) is 0 Å². The van der Waals surface area contributed by atoms with Gasteiger partial charge in [-0.1, -0.05) is 37.6 Å². The normalized spacial score (nSPS) is 12.3. The van der Waals surface area contributed by atoms with Crippen molar-refractivity contribution in [3.8, 4) is 0 Å². The molecule has 0 unspecified atom stereocenters. The smallest absolute Gasteiger partial charge is 0.226 e. The lowest BCUT2D eigenvalue weighted by atomic mass is 9.84. The third kappa shape index (κ3) is 5.62. The Hall–Kier alpha value is -1.06. The Kier molecular flexibility index (Phi) is 4.99. The third-order valence-electron chi connectivity index (χ3n) is 2.85. The van der Waals surface area contributed by atoms with Gasteiger partial charge in [-0.05, 0) is 38.0 Å². The number of carbonyl (C=O) groups excluding carboxylic acids is 1. The molecule has 0 atom stereocenters. The number of amides is 1. The highest BCUT2D eigenvalue weighted by molar-refractivity contribution is 6.30. The number of halogens is 1. The minimum atomic E-state index is -0.490. The summed E-state index contributed by atoms with van der Waals surface area (Å²) in [6.45, 7) is 8.08. The molecule has 0 bridgehead atoms. The number of rotatable bonds is 5. The van der Waals surface area contributed by atoms with Crippen LogP contribution in [0.25, 0.3) is 0 Å². The van der Waals surface area contributed by atoms with Gasteiger partial charge in [0.1, 0.15) is 0 Å². The molecule has 0 saturated carbocycles. The molecule has 4 heteroatoms. The lowest BCUT2D eigenvalue weighted by Crippen LogP contribution is -2.48. The number of nitrogens with one attached hydrogen (secondary N) is 1. The second kappa shape index (κ2) is 5.93. The molecule has 0 heterocycles. The van der Waals surface area contributed by atoms with Crippen molar-refractivity contribution < 1.29 is 4.79 Å². The quantitative estimate of drug-likeness (QED) is 0.872. The average Bonchev–Trinajstić information content (AvgIpc) is 2.24. The van der Waals surface area contributed by atoms with Crippen molar-refractivity contribution in [1.29, 1.82) is 0 Å². The molecule has 106 valence electrons. The van der Waals surface area contributed by atoms with E-state index < -0.39 is 11.0 Å². The maximum atomic E-state index is 12.2. The van der Waals surface area contributed by atoms with Crippen LogP contribution in [0.4, 0.5) is 0 Å². The maximum absolute atomic E-state index is 12.2. The number of nitrogens with two attached hydrogens (primary N) is 1. The molecule has 0 fully saturated rings. The fraction of sp³-hybridized carbons (Fsp3) is 0.533. The minimum Gasteiger partial charge on any atom is -0.354 e. The third-order valence-corrected chi connectivity index (χ3v) is 3.09. The van der Waals surface area contributed by atoms with Crippen LogP contribution in [0, 0.1) is 5.41 Å². The van der Waals surface area contributed by atoms with Crippen LogP contribution in [0.1, 0.15) is 33.3 Å². The van der Waals surface area contributed by atoms with Crippen LogP contribution in [-0.4, -0.2) is 18.0 Å². The summed E-state index contributed by atoms with van der Waals surface area (Å²) >= 11 is 5.96. The van der Waals surface area contributed by atoms with Gasteiger partial charge in [-0.25, -0.2) is 0 Å². The van der Waals surface area contributed by atoms with Gasteiger partial charge in [0.2, 0.25) is 5.91 Å². The minimum absolute atomic E-state index is 0.00556. The summed E-state index contributed by atoms with van der Waals surface area (Å²) in [6.07, 6.45) is 0.643. The summed E-state index contributed by atoms with van der Waals surface area (Å²) in [5.74, 6) is 0.00556. The highest BCUT2D eigenvalue weighted by atomic mass is 35.5. The maximum Gasteiger partial charge on any atom is 0.226 e. The Morgan fingerprint density at radius 1 is 1.32 bits per heavy atom. The van der Waals surface area contributed by atoms with E-state index in [-0.39, 0.29) is 5.91 Å². The van der Waals surface area contributed by atoms with Crippen LogP contribution in [0.2, 0.25) is 5.02 Å². The highest BCUT2D eigenvalue weighted by Crippen LogP contribution is 2.23. The van der Waals surface area contributed by atoms with E-state index in [1.807, 2.05) is 52.0 Å². The van der Waals surface area contributed by atoms with Gasteiger partial charge in [0, 0.05) is 22.5 Å². The molecule has 1 rings (SSSR count). The summed E-state index contributed by atoms with van der Waals surface area (Å²) in [5.41, 5.74) is 6.03. The zero-order chi connectivity index (χ0) is 14.7. The Labute approximate surface area is 120 Å². The van der Waals surface area contributed by atoms with Crippen LogP contribution in [-0.2, 0) is 11.2 Å². The van der Waals surface area contributed by atoms with E-state index >= 15 is 0 Å². The van der Waals surface area contributed by atoms with Crippen molar-refractivity contribution in [2.45, 2.75) is 39.7 Å². The molecule has 1 aromatic carbocycles. The molecular formula is C15H23ClN2O. The van der Waals surface area contributed by atoms with E-state index in [4.69, 9.17) is 17.3 Å². The standard InChI is InChI=1S/C15H23ClN2O/c1-14(2,13(19)18-10-15(3,4)17)9-11-6-5-7-12(16)8-11/h5-8H,9-10,17H2,1-4H3,(H,18,19). The Morgan fingerprint density at radius 3 is 2.47 bits per heavy atom. The second-order valence-corrected chi connectivity index (χ2v) is 6.80. The number of carbonyl (C=O) groups is 1. The van der Waals surface area contributed by atoms with E-state index in [2.05, 4.69) is 5.32 Å². The van der Waals surface area contributed by atoms with Gasteiger partial charge in [-0.15, -0.1) is 0 Å². The molecule has 3 N–H and O–H groups in total. The first-order chi connectivity index (χ1) is 8.60. The molecule has 1 amide bonds. The Morgan fingerprint density at radius 2 is 1.95 bits per heavy atom. The SMILES string of the molecule is CC(C)(N)CNC(=O)C(C)(C)Cc1cccc(Cl)c1. The largest absolute Gasteiger partial charge is 0.354 e. The number of benzene rings is 1. The van der Waals surface area contributed by atoms with Crippen molar-refractivity contribution in [2.75, 3.05) is 6.54 Å².